The normalized spacial score (nSPS) is 11.9. The molecular formula is C21H18ClN3O5S. The molecule has 3 aromatic rings. The molecule has 0 spiro atoms. The molecule has 0 fully saturated rings. The van der Waals surface area contributed by atoms with E-state index in [1.165, 1.54) is 47.8 Å². The summed E-state index contributed by atoms with van der Waals surface area (Å²) in [5.74, 6) is -0.983. The average Bonchev–Trinajstić information content (AvgIpc) is 3.07. The van der Waals surface area contributed by atoms with Gasteiger partial charge in [0, 0.05) is 23.2 Å². The summed E-state index contributed by atoms with van der Waals surface area (Å²) in [4.78, 5) is 39.3. The number of halogens is 1. The zero-order valence-corrected chi connectivity index (χ0v) is 18.3. The molecule has 0 saturated heterocycles. The van der Waals surface area contributed by atoms with Crippen molar-refractivity contribution in [2.75, 3.05) is 6.61 Å². The van der Waals surface area contributed by atoms with Gasteiger partial charge in [0.1, 0.15) is 6.54 Å². The first-order valence-electron chi connectivity index (χ1n) is 9.25. The fourth-order valence-electron chi connectivity index (χ4n) is 2.89. The highest BCUT2D eigenvalue weighted by atomic mass is 35.5. The van der Waals surface area contributed by atoms with Gasteiger partial charge in [-0.15, -0.1) is 0 Å². The molecular weight excluding hydrogens is 442 g/mol. The fourth-order valence-corrected chi connectivity index (χ4v) is 4.14. The van der Waals surface area contributed by atoms with Gasteiger partial charge in [0.25, 0.3) is 11.6 Å². The summed E-state index contributed by atoms with van der Waals surface area (Å²) >= 11 is 7.51. The van der Waals surface area contributed by atoms with Crippen molar-refractivity contribution in [1.29, 1.82) is 0 Å². The summed E-state index contributed by atoms with van der Waals surface area (Å²) < 4.78 is 7.50. The topological polar surface area (TPSA) is 104 Å². The van der Waals surface area contributed by atoms with Crippen LogP contribution < -0.4 is 4.80 Å². The van der Waals surface area contributed by atoms with E-state index in [0.29, 0.717) is 15.4 Å². The van der Waals surface area contributed by atoms with Crippen LogP contribution >= 0.6 is 22.9 Å². The van der Waals surface area contributed by atoms with Crippen molar-refractivity contribution in [2.45, 2.75) is 20.4 Å². The Balaban J connectivity index is 1.98. The number of hydrogen-bond donors (Lipinski definition) is 0. The van der Waals surface area contributed by atoms with Crippen LogP contribution in [0.4, 0.5) is 5.69 Å². The molecule has 0 unspecified atom stereocenters. The zero-order valence-electron chi connectivity index (χ0n) is 16.7. The second-order valence-corrected chi connectivity index (χ2v) is 7.84. The van der Waals surface area contributed by atoms with E-state index in [1.807, 2.05) is 13.0 Å². The Bertz CT molecular complexity index is 1260. The molecule has 0 N–H and O–H groups in total. The second-order valence-electron chi connectivity index (χ2n) is 6.43. The summed E-state index contributed by atoms with van der Waals surface area (Å²) in [5.41, 5.74) is 2.08. The molecule has 1 aromatic heterocycles. The Kier molecular flexibility index (Phi) is 6.98. The number of carbonyl (C=O) groups excluding carboxylic acids is 2. The number of hydrogen-bond acceptors (Lipinski definition) is 6. The van der Waals surface area contributed by atoms with E-state index in [-0.39, 0.29) is 18.8 Å². The molecule has 0 radical (unpaired) electrons. The Morgan fingerprint density at radius 1 is 1.26 bits per heavy atom. The smallest absolute Gasteiger partial charge is 0.326 e. The quantitative estimate of drug-likeness (QED) is 0.237. The predicted molar refractivity (Wildman–Crippen MR) is 119 cm³/mol. The average molecular weight is 460 g/mol. The molecule has 31 heavy (non-hydrogen) atoms. The lowest BCUT2D eigenvalue weighted by Gasteiger charge is -2.07. The van der Waals surface area contributed by atoms with Gasteiger partial charge in [-0.05, 0) is 55.3 Å². The molecule has 0 aliphatic rings. The van der Waals surface area contributed by atoms with Gasteiger partial charge < -0.3 is 9.30 Å². The fraction of sp³-hybridized carbons (Fsp3) is 0.190. The SMILES string of the molecule is CCOC(=O)Cn1c(=NC(=O)/C=C\c2ccc([N+](=O)[O-])cc2)sc2ccc(Cl)c(C)c21. The summed E-state index contributed by atoms with van der Waals surface area (Å²) in [6.45, 7) is 3.69. The highest BCUT2D eigenvalue weighted by molar-refractivity contribution is 7.16. The number of esters is 1. The van der Waals surface area contributed by atoms with Crippen LogP contribution in [0.25, 0.3) is 16.3 Å². The van der Waals surface area contributed by atoms with E-state index in [4.69, 9.17) is 16.3 Å². The summed E-state index contributed by atoms with van der Waals surface area (Å²) in [7, 11) is 0. The van der Waals surface area contributed by atoms with Crippen LogP contribution in [0, 0.1) is 17.0 Å². The third-order valence-corrected chi connectivity index (χ3v) is 5.80. The molecule has 0 atom stereocenters. The Labute approximate surface area is 186 Å². The number of aromatic nitrogens is 1. The number of thiazole rings is 1. The van der Waals surface area contributed by atoms with Crippen molar-refractivity contribution >= 4 is 56.8 Å². The molecule has 3 rings (SSSR count). The number of non-ortho nitro benzene ring substituents is 1. The molecule has 0 aliphatic heterocycles. The number of carbonyl (C=O) groups is 2. The highest BCUT2D eigenvalue weighted by Crippen LogP contribution is 2.27. The van der Waals surface area contributed by atoms with Crippen LogP contribution in [-0.2, 0) is 20.9 Å². The van der Waals surface area contributed by atoms with Crippen LogP contribution in [0.1, 0.15) is 18.1 Å². The van der Waals surface area contributed by atoms with Crippen molar-refractivity contribution in [2.24, 2.45) is 4.99 Å². The molecule has 0 aliphatic carbocycles. The zero-order chi connectivity index (χ0) is 22.5. The number of fused-ring (bicyclic) bond motifs is 1. The Morgan fingerprint density at radius 2 is 1.97 bits per heavy atom. The number of nitro groups is 1. The van der Waals surface area contributed by atoms with Crippen LogP contribution in [0.3, 0.4) is 0 Å². The maximum atomic E-state index is 12.4. The molecule has 0 saturated carbocycles. The standard InChI is InChI=1S/C21H18ClN3O5S/c1-3-30-19(27)12-24-20-13(2)16(22)9-10-17(20)31-21(24)23-18(26)11-6-14-4-7-15(8-5-14)25(28)29/h4-11H,3,12H2,1-2H3/b11-6-,23-21?. The number of nitrogens with zero attached hydrogens (tertiary/aromatic N) is 3. The van der Waals surface area contributed by atoms with Gasteiger partial charge in [-0.1, -0.05) is 22.9 Å². The number of amides is 1. The van der Waals surface area contributed by atoms with Crippen molar-refractivity contribution in [1.82, 2.24) is 4.57 Å². The maximum absolute atomic E-state index is 12.4. The van der Waals surface area contributed by atoms with Crippen LogP contribution in [0.2, 0.25) is 5.02 Å². The second kappa shape index (κ2) is 9.67. The molecule has 2 aromatic carbocycles. The van der Waals surface area contributed by atoms with Crippen molar-refractivity contribution in [3.05, 3.63) is 73.5 Å². The number of ether oxygens (including phenoxy) is 1. The van der Waals surface area contributed by atoms with E-state index >= 15 is 0 Å². The summed E-state index contributed by atoms with van der Waals surface area (Å²) in [6.07, 6.45) is 2.78. The first kappa shape index (κ1) is 22.4. The van der Waals surface area contributed by atoms with Crippen LogP contribution in [-0.4, -0.2) is 28.0 Å². The van der Waals surface area contributed by atoms with E-state index in [2.05, 4.69) is 4.99 Å². The molecule has 1 amide bonds. The summed E-state index contributed by atoms with van der Waals surface area (Å²) in [6, 6.07) is 9.35. The van der Waals surface area contributed by atoms with Gasteiger partial charge in [-0.3, -0.25) is 19.7 Å². The summed E-state index contributed by atoms with van der Waals surface area (Å²) in [5, 5.41) is 11.3. The van der Waals surface area contributed by atoms with Crippen LogP contribution in [0.5, 0.6) is 0 Å². The largest absolute Gasteiger partial charge is 0.465 e. The van der Waals surface area contributed by atoms with Gasteiger partial charge in [-0.25, -0.2) is 0 Å². The van der Waals surface area contributed by atoms with E-state index in [0.717, 1.165) is 15.8 Å². The number of aryl methyl sites for hydroxylation is 1. The molecule has 160 valence electrons. The van der Waals surface area contributed by atoms with Gasteiger partial charge >= 0.3 is 5.97 Å². The number of nitro benzene ring substituents is 1. The maximum Gasteiger partial charge on any atom is 0.326 e. The van der Waals surface area contributed by atoms with Crippen molar-refractivity contribution < 1.29 is 19.2 Å². The third-order valence-electron chi connectivity index (χ3n) is 4.35. The van der Waals surface area contributed by atoms with Gasteiger partial charge in [0.05, 0.1) is 21.7 Å². The first-order chi connectivity index (χ1) is 14.8. The Hall–Kier alpha value is -3.30. The molecule has 0 bridgehead atoms. The molecule has 1 heterocycles. The minimum Gasteiger partial charge on any atom is -0.465 e. The lowest BCUT2D eigenvalue weighted by atomic mass is 10.2. The predicted octanol–water partition coefficient (Wildman–Crippen LogP) is 4.28. The lowest BCUT2D eigenvalue weighted by Crippen LogP contribution is -2.23. The van der Waals surface area contributed by atoms with Gasteiger partial charge in [-0.2, -0.15) is 4.99 Å². The van der Waals surface area contributed by atoms with E-state index in [9.17, 15) is 19.7 Å². The first-order valence-corrected chi connectivity index (χ1v) is 10.4. The highest BCUT2D eigenvalue weighted by Gasteiger charge is 2.15. The molecule has 8 nitrogen and oxygen atoms in total. The van der Waals surface area contributed by atoms with Gasteiger partial charge in [0.15, 0.2) is 4.80 Å². The number of rotatable bonds is 6. The molecule has 10 heteroatoms. The lowest BCUT2D eigenvalue weighted by molar-refractivity contribution is -0.384. The third kappa shape index (κ3) is 5.25. The van der Waals surface area contributed by atoms with Crippen molar-refractivity contribution in [3.63, 3.8) is 0 Å². The van der Waals surface area contributed by atoms with E-state index in [1.54, 1.807) is 17.6 Å². The van der Waals surface area contributed by atoms with E-state index < -0.39 is 16.8 Å². The van der Waals surface area contributed by atoms with Gasteiger partial charge in [0.2, 0.25) is 0 Å². The minimum absolute atomic E-state index is 0.0347. The van der Waals surface area contributed by atoms with Crippen LogP contribution in [0.15, 0.2) is 47.5 Å². The monoisotopic (exact) mass is 459 g/mol. The Morgan fingerprint density at radius 3 is 2.61 bits per heavy atom. The number of benzene rings is 2. The minimum atomic E-state index is -0.536. The van der Waals surface area contributed by atoms with Crippen molar-refractivity contribution in [3.8, 4) is 0 Å².